The van der Waals surface area contributed by atoms with Crippen LogP contribution < -0.4 is 15.2 Å². The molecule has 29 heavy (non-hydrogen) atoms. The zero-order chi connectivity index (χ0) is 20.0. The van der Waals surface area contributed by atoms with Crippen molar-refractivity contribution >= 4 is 0 Å². The normalized spacial score (nSPS) is 23.5. The van der Waals surface area contributed by atoms with E-state index in [1.165, 1.54) is 0 Å². The average molecular weight is 396 g/mol. The fourth-order valence-corrected chi connectivity index (χ4v) is 4.14. The van der Waals surface area contributed by atoms with Crippen LogP contribution in [-0.2, 0) is 4.74 Å². The van der Waals surface area contributed by atoms with Gasteiger partial charge in [0.25, 0.3) is 0 Å². The number of methoxy groups -OCH3 is 1. The molecule has 1 aliphatic heterocycles. The van der Waals surface area contributed by atoms with E-state index >= 15 is 0 Å². The van der Waals surface area contributed by atoms with E-state index in [9.17, 15) is 0 Å². The fourth-order valence-electron chi connectivity index (χ4n) is 4.14. The summed E-state index contributed by atoms with van der Waals surface area (Å²) in [6.07, 6.45) is 4.40. The average Bonchev–Trinajstić information content (AvgIpc) is 3.46. The molecule has 5 rings (SSSR count). The smallest absolute Gasteiger partial charge is 0.231 e. The van der Waals surface area contributed by atoms with Crippen molar-refractivity contribution in [2.45, 2.75) is 44.2 Å². The van der Waals surface area contributed by atoms with Crippen molar-refractivity contribution in [2.24, 2.45) is 5.73 Å². The maximum atomic E-state index is 6.23. The summed E-state index contributed by atoms with van der Waals surface area (Å²) in [7, 11) is 1.72. The number of aryl methyl sites for hydroxylation is 1. The van der Waals surface area contributed by atoms with Crippen molar-refractivity contribution in [3.05, 3.63) is 35.9 Å². The minimum Gasteiger partial charge on any atom is -0.454 e. The molecular weight excluding hydrogens is 372 g/mol. The quantitative estimate of drug-likeness (QED) is 0.696. The molecule has 1 fully saturated rings. The molecule has 9 heteroatoms. The SMILES string of the molecule is CO[C@@H]1C[C@@H](c2nc(-c3cn[nH]c3C)nn2-c2ccc3c(c2)OCO3)CC[C@H]1N. The molecule has 0 bridgehead atoms. The number of nitrogens with two attached hydrogens (primary N) is 1. The van der Waals surface area contributed by atoms with Crippen LogP contribution in [0, 0.1) is 6.92 Å². The summed E-state index contributed by atoms with van der Waals surface area (Å²) in [5, 5.41) is 11.9. The van der Waals surface area contributed by atoms with Crippen LogP contribution in [0.5, 0.6) is 11.5 Å². The molecule has 0 spiro atoms. The highest BCUT2D eigenvalue weighted by atomic mass is 16.7. The summed E-state index contributed by atoms with van der Waals surface area (Å²) >= 11 is 0. The van der Waals surface area contributed by atoms with Gasteiger partial charge in [0, 0.05) is 30.8 Å². The lowest BCUT2D eigenvalue weighted by molar-refractivity contribution is 0.0459. The van der Waals surface area contributed by atoms with Crippen molar-refractivity contribution in [1.29, 1.82) is 0 Å². The van der Waals surface area contributed by atoms with Crippen LogP contribution in [-0.4, -0.2) is 51.0 Å². The second-order valence-electron chi connectivity index (χ2n) is 7.60. The van der Waals surface area contributed by atoms with Crippen molar-refractivity contribution in [1.82, 2.24) is 25.0 Å². The summed E-state index contributed by atoms with van der Waals surface area (Å²) < 4.78 is 18.5. The molecule has 0 amide bonds. The van der Waals surface area contributed by atoms with E-state index < -0.39 is 0 Å². The minimum absolute atomic E-state index is 0.00904. The first kappa shape index (κ1) is 18.1. The second kappa shape index (κ2) is 7.16. The third kappa shape index (κ3) is 3.16. The predicted molar refractivity (Wildman–Crippen MR) is 105 cm³/mol. The van der Waals surface area contributed by atoms with Gasteiger partial charge in [-0.05, 0) is 38.3 Å². The summed E-state index contributed by atoms with van der Waals surface area (Å²) in [5.41, 5.74) is 8.94. The Hall–Kier alpha value is -2.91. The van der Waals surface area contributed by atoms with Gasteiger partial charge in [-0.15, -0.1) is 5.10 Å². The van der Waals surface area contributed by atoms with E-state index in [2.05, 4.69) is 10.2 Å². The molecule has 0 radical (unpaired) electrons. The maximum absolute atomic E-state index is 6.23. The van der Waals surface area contributed by atoms with Crippen molar-refractivity contribution in [3.8, 4) is 28.6 Å². The Labute approximate surface area is 168 Å². The van der Waals surface area contributed by atoms with Crippen LogP contribution in [0.2, 0.25) is 0 Å². The Morgan fingerprint density at radius 2 is 2.10 bits per heavy atom. The van der Waals surface area contributed by atoms with Gasteiger partial charge in [0.05, 0.1) is 23.6 Å². The van der Waals surface area contributed by atoms with E-state index in [1.807, 2.05) is 29.8 Å². The molecule has 2 aromatic heterocycles. The minimum atomic E-state index is 0.00904. The van der Waals surface area contributed by atoms with E-state index in [0.29, 0.717) is 11.6 Å². The predicted octanol–water partition coefficient (Wildman–Crippen LogP) is 2.30. The molecule has 3 N–H and O–H groups in total. The molecule has 0 unspecified atom stereocenters. The van der Waals surface area contributed by atoms with E-state index in [4.69, 9.17) is 30.0 Å². The number of rotatable bonds is 4. The van der Waals surface area contributed by atoms with Crippen LogP contribution in [0.4, 0.5) is 0 Å². The van der Waals surface area contributed by atoms with Crippen LogP contribution in [0.3, 0.4) is 0 Å². The summed E-state index contributed by atoms with van der Waals surface area (Å²) in [4.78, 5) is 4.92. The molecule has 9 nitrogen and oxygen atoms in total. The van der Waals surface area contributed by atoms with Gasteiger partial charge in [0.15, 0.2) is 17.3 Å². The number of H-pyrrole nitrogens is 1. The number of benzene rings is 1. The highest BCUT2D eigenvalue weighted by molar-refractivity contribution is 5.57. The number of aromatic amines is 1. The van der Waals surface area contributed by atoms with Crippen LogP contribution >= 0.6 is 0 Å². The van der Waals surface area contributed by atoms with E-state index in [1.54, 1.807) is 13.3 Å². The Kier molecular flexibility index (Phi) is 4.48. The number of nitrogens with one attached hydrogen (secondary N) is 1. The largest absolute Gasteiger partial charge is 0.454 e. The van der Waals surface area contributed by atoms with Crippen molar-refractivity contribution in [2.75, 3.05) is 13.9 Å². The van der Waals surface area contributed by atoms with Gasteiger partial charge in [-0.2, -0.15) is 5.10 Å². The zero-order valence-corrected chi connectivity index (χ0v) is 16.5. The topological polar surface area (TPSA) is 113 Å². The zero-order valence-electron chi connectivity index (χ0n) is 16.5. The Balaban J connectivity index is 1.59. The Morgan fingerprint density at radius 3 is 2.90 bits per heavy atom. The van der Waals surface area contributed by atoms with Gasteiger partial charge in [-0.25, -0.2) is 9.67 Å². The Morgan fingerprint density at radius 1 is 1.24 bits per heavy atom. The van der Waals surface area contributed by atoms with Crippen molar-refractivity contribution < 1.29 is 14.2 Å². The number of aromatic nitrogens is 5. The Bertz CT molecular complexity index is 1030. The summed E-state index contributed by atoms with van der Waals surface area (Å²) in [6.45, 7) is 2.20. The molecule has 3 heterocycles. The van der Waals surface area contributed by atoms with Gasteiger partial charge in [-0.3, -0.25) is 5.10 Å². The monoisotopic (exact) mass is 396 g/mol. The number of hydrogen-bond donors (Lipinski definition) is 2. The summed E-state index contributed by atoms with van der Waals surface area (Å²) in [6, 6.07) is 5.86. The van der Waals surface area contributed by atoms with E-state index in [-0.39, 0.29) is 24.9 Å². The number of nitrogens with zero attached hydrogens (tertiary/aromatic N) is 4. The lowest BCUT2D eigenvalue weighted by Crippen LogP contribution is -2.41. The van der Waals surface area contributed by atoms with Gasteiger partial charge < -0.3 is 19.9 Å². The van der Waals surface area contributed by atoms with Crippen molar-refractivity contribution in [3.63, 3.8) is 0 Å². The standard InChI is InChI=1S/C20H24N6O3/c1-11-14(9-22-24-11)19-23-20(12-3-5-15(21)17(7-12)27-2)26(25-19)13-4-6-16-18(8-13)29-10-28-16/h4,6,8-9,12,15,17H,3,5,7,10,21H2,1-2H3,(H,22,24)/t12-,15+,17+/m0/s1. The summed E-state index contributed by atoms with van der Waals surface area (Å²) in [5.74, 6) is 3.19. The van der Waals surface area contributed by atoms with Crippen LogP contribution in [0.1, 0.15) is 36.7 Å². The highest BCUT2D eigenvalue weighted by Crippen LogP contribution is 2.37. The van der Waals surface area contributed by atoms with Gasteiger partial charge in [0.2, 0.25) is 6.79 Å². The molecule has 3 atom stereocenters. The molecular formula is C20H24N6O3. The lowest BCUT2D eigenvalue weighted by atomic mass is 9.83. The second-order valence-corrected chi connectivity index (χ2v) is 7.60. The molecule has 1 aromatic carbocycles. The number of ether oxygens (including phenoxy) is 3. The third-order valence-corrected chi connectivity index (χ3v) is 5.81. The lowest BCUT2D eigenvalue weighted by Gasteiger charge is -2.32. The highest BCUT2D eigenvalue weighted by Gasteiger charge is 2.33. The van der Waals surface area contributed by atoms with Gasteiger partial charge in [0.1, 0.15) is 5.82 Å². The third-order valence-electron chi connectivity index (χ3n) is 5.81. The maximum Gasteiger partial charge on any atom is 0.231 e. The molecule has 0 saturated heterocycles. The first-order chi connectivity index (χ1) is 14.1. The van der Waals surface area contributed by atoms with Gasteiger partial charge in [-0.1, -0.05) is 0 Å². The van der Waals surface area contributed by atoms with Gasteiger partial charge >= 0.3 is 0 Å². The molecule has 1 aliphatic carbocycles. The fraction of sp³-hybridized carbons (Fsp3) is 0.450. The number of fused-ring (bicyclic) bond motifs is 1. The first-order valence-corrected chi connectivity index (χ1v) is 9.79. The molecule has 3 aromatic rings. The molecule has 2 aliphatic rings. The van der Waals surface area contributed by atoms with Crippen LogP contribution in [0.15, 0.2) is 24.4 Å². The van der Waals surface area contributed by atoms with Crippen LogP contribution in [0.25, 0.3) is 17.1 Å². The molecule has 1 saturated carbocycles. The van der Waals surface area contributed by atoms with E-state index in [0.717, 1.165) is 47.8 Å². The molecule has 152 valence electrons. The first-order valence-electron chi connectivity index (χ1n) is 9.79. The number of hydrogen-bond acceptors (Lipinski definition) is 7.